The van der Waals surface area contributed by atoms with Gasteiger partial charge in [0.05, 0.1) is 38.2 Å². The van der Waals surface area contributed by atoms with Crippen LogP contribution in [0.4, 0.5) is 5.69 Å². The number of fused-ring (bicyclic) bond motifs is 1. The molecule has 10 heteroatoms. The molecule has 4 aromatic rings. The maximum atomic E-state index is 12.8. The van der Waals surface area contributed by atoms with Gasteiger partial charge < -0.3 is 19.5 Å². The quantitative estimate of drug-likeness (QED) is 0.347. The van der Waals surface area contributed by atoms with Crippen LogP contribution < -0.4 is 10.1 Å². The molecule has 0 aliphatic rings. The lowest BCUT2D eigenvalue weighted by atomic mass is 10.1. The topological polar surface area (TPSA) is 121 Å². The van der Waals surface area contributed by atoms with Crippen LogP contribution in [0.3, 0.4) is 0 Å². The summed E-state index contributed by atoms with van der Waals surface area (Å²) in [7, 11) is 4.09. The van der Waals surface area contributed by atoms with Crippen LogP contribution in [-0.2, 0) is 20.7 Å². The third-order valence-corrected chi connectivity index (χ3v) is 6.21. The SMILES string of the molecule is COC(=O)c1cc(NC(=O)CCc2c(C)nc3cc(-c4ccccc4OC)nn3c2C)cc(C(=O)OC)c1. The normalized spacial score (nSPS) is 10.8. The third kappa shape index (κ3) is 5.34. The Morgan fingerprint density at radius 2 is 1.58 bits per heavy atom. The highest BCUT2D eigenvalue weighted by molar-refractivity contribution is 5.99. The van der Waals surface area contributed by atoms with Crippen molar-refractivity contribution in [3.8, 4) is 17.0 Å². The van der Waals surface area contributed by atoms with Gasteiger partial charge in [0, 0.05) is 35.1 Å². The summed E-state index contributed by atoms with van der Waals surface area (Å²) in [4.78, 5) is 41.6. The highest BCUT2D eigenvalue weighted by Crippen LogP contribution is 2.30. The van der Waals surface area contributed by atoms with E-state index >= 15 is 0 Å². The second kappa shape index (κ2) is 11.1. The highest BCUT2D eigenvalue weighted by Gasteiger charge is 2.18. The molecule has 0 unspecified atom stereocenters. The fourth-order valence-corrected chi connectivity index (χ4v) is 4.31. The van der Waals surface area contributed by atoms with Gasteiger partial charge in [-0.25, -0.2) is 19.1 Å². The van der Waals surface area contributed by atoms with E-state index in [4.69, 9.17) is 24.3 Å². The predicted molar refractivity (Wildman–Crippen MR) is 141 cm³/mol. The van der Waals surface area contributed by atoms with Crippen LogP contribution in [0.1, 0.15) is 44.1 Å². The molecule has 0 aliphatic carbocycles. The minimum absolute atomic E-state index is 0.122. The van der Waals surface area contributed by atoms with Crippen molar-refractivity contribution in [2.75, 3.05) is 26.6 Å². The highest BCUT2D eigenvalue weighted by atomic mass is 16.5. The van der Waals surface area contributed by atoms with Gasteiger partial charge in [0.2, 0.25) is 5.91 Å². The van der Waals surface area contributed by atoms with E-state index in [0.717, 1.165) is 28.2 Å². The largest absolute Gasteiger partial charge is 0.496 e. The number of esters is 2. The molecule has 0 radical (unpaired) electrons. The number of benzene rings is 2. The molecule has 0 saturated heterocycles. The zero-order chi connectivity index (χ0) is 27.4. The first-order chi connectivity index (χ1) is 18.2. The van der Waals surface area contributed by atoms with E-state index in [0.29, 0.717) is 17.8 Å². The number of aromatic nitrogens is 3. The molecule has 0 fully saturated rings. The third-order valence-electron chi connectivity index (χ3n) is 6.21. The van der Waals surface area contributed by atoms with E-state index in [1.807, 2.05) is 44.2 Å². The maximum Gasteiger partial charge on any atom is 0.337 e. The molecule has 2 aromatic heterocycles. The van der Waals surface area contributed by atoms with E-state index in [1.54, 1.807) is 11.6 Å². The van der Waals surface area contributed by atoms with Crippen LogP contribution in [0.2, 0.25) is 0 Å². The number of para-hydroxylation sites is 1. The van der Waals surface area contributed by atoms with Crippen LogP contribution in [0.25, 0.3) is 16.9 Å². The Bertz CT molecular complexity index is 1510. The van der Waals surface area contributed by atoms with Crippen molar-refractivity contribution in [3.63, 3.8) is 0 Å². The number of rotatable bonds is 8. The summed E-state index contributed by atoms with van der Waals surface area (Å²) in [5.74, 6) is -0.849. The summed E-state index contributed by atoms with van der Waals surface area (Å²) in [6.07, 6.45) is 0.558. The molecule has 0 spiro atoms. The lowest BCUT2D eigenvalue weighted by molar-refractivity contribution is -0.116. The Morgan fingerprint density at radius 3 is 2.21 bits per heavy atom. The molecular weight excluding hydrogens is 488 g/mol. The van der Waals surface area contributed by atoms with Gasteiger partial charge in [0.25, 0.3) is 0 Å². The van der Waals surface area contributed by atoms with Crippen LogP contribution >= 0.6 is 0 Å². The van der Waals surface area contributed by atoms with Crippen LogP contribution in [-0.4, -0.2) is 53.8 Å². The molecule has 0 aliphatic heterocycles. The minimum Gasteiger partial charge on any atom is -0.496 e. The van der Waals surface area contributed by atoms with Crippen LogP contribution in [0, 0.1) is 13.8 Å². The maximum absolute atomic E-state index is 12.8. The fraction of sp³-hybridized carbons (Fsp3) is 0.250. The molecule has 0 atom stereocenters. The van der Waals surface area contributed by atoms with Crippen molar-refractivity contribution in [2.45, 2.75) is 26.7 Å². The first-order valence-corrected chi connectivity index (χ1v) is 11.9. The smallest absolute Gasteiger partial charge is 0.337 e. The van der Waals surface area contributed by atoms with E-state index in [2.05, 4.69) is 5.32 Å². The van der Waals surface area contributed by atoms with Crippen molar-refractivity contribution in [3.05, 3.63) is 76.6 Å². The minimum atomic E-state index is -0.636. The lowest BCUT2D eigenvalue weighted by Gasteiger charge is -2.12. The fourth-order valence-electron chi connectivity index (χ4n) is 4.31. The summed E-state index contributed by atoms with van der Waals surface area (Å²) < 4.78 is 16.7. The second-order valence-electron chi connectivity index (χ2n) is 8.59. The number of anilines is 1. The van der Waals surface area contributed by atoms with Crippen molar-refractivity contribution in [2.24, 2.45) is 0 Å². The Morgan fingerprint density at radius 1 is 0.921 bits per heavy atom. The lowest BCUT2D eigenvalue weighted by Crippen LogP contribution is -2.16. The number of hydrogen-bond acceptors (Lipinski definition) is 8. The molecule has 38 heavy (non-hydrogen) atoms. The number of aryl methyl sites for hydroxylation is 2. The van der Waals surface area contributed by atoms with E-state index < -0.39 is 11.9 Å². The number of carbonyl (C=O) groups is 3. The van der Waals surface area contributed by atoms with Crippen molar-refractivity contribution < 1.29 is 28.6 Å². The summed E-state index contributed by atoms with van der Waals surface area (Å²) in [5.41, 5.74) is 5.40. The molecule has 1 N–H and O–H groups in total. The summed E-state index contributed by atoms with van der Waals surface area (Å²) in [6.45, 7) is 3.84. The van der Waals surface area contributed by atoms with Gasteiger partial charge in [-0.1, -0.05) is 12.1 Å². The molecule has 2 aromatic carbocycles. The average Bonchev–Trinajstić information content (AvgIpc) is 3.35. The van der Waals surface area contributed by atoms with Gasteiger partial charge in [-0.15, -0.1) is 0 Å². The van der Waals surface area contributed by atoms with E-state index in [-0.39, 0.29) is 29.1 Å². The summed E-state index contributed by atoms with van der Waals surface area (Å²) in [5, 5.41) is 7.50. The molecule has 1 amide bonds. The zero-order valence-electron chi connectivity index (χ0n) is 21.8. The molecule has 0 bridgehead atoms. The van der Waals surface area contributed by atoms with E-state index in [1.165, 1.54) is 32.4 Å². The standard InChI is InChI=1S/C28H28N4O6/c1-16-21(17(2)32-25(29-16)15-23(31-32)22-8-6-7-9-24(22)36-3)10-11-26(33)30-20-13-18(27(34)37-4)12-19(14-20)28(35)38-5/h6-9,12-15H,10-11H2,1-5H3,(H,30,33). The number of amides is 1. The van der Waals surface area contributed by atoms with E-state index in [9.17, 15) is 14.4 Å². The first-order valence-electron chi connectivity index (χ1n) is 11.9. The zero-order valence-corrected chi connectivity index (χ0v) is 21.8. The number of ether oxygens (including phenoxy) is 3. The number of hydrogen-bond donors (Lipinski definition) is 1. The average molecular weight is 517 g/mol. The van der Waals surface area contributed by atoms with Gasteiger partial charge in [0.15, 0.2) is 5.65 Å². The Labute approximate surface area is 219 Å². The number of nitrogens with zero attached hydrogens (tertiary/aromatic N) is 3. The second-order valence-corrected chi connectivity index (χ2v) is 8.59. The van der Waals surface area contributed by atoms with Gasteiger partial charge in [-0.05, 0) is 56.2 Å². The number of methoxy groups -OCH3 is 3. The molecule has 196 valence electrons. The molecular formula is C28H28N4O6. The Balaban J connectivity index is 1.55. The van der Waals surface area contributed by atoms with Crippen molar-refractivity contribution >= 4 is 29.2 Å². The monoisotopic (exact) mass is 516 g/mol. The summed E-state index contributed by atoms with van der Waals surface area (Å²) in [6, 6.07) is 13.8. The Kier molecular flexibility index (Phi) is 7.71. The van der Waals surface area contributed by atoms with Gasteiger partial charge in [-0.3, -0.25) is 4.79 Å². The van der Waals surface area contributed by atoms with Crippen LogP contribution in [0.5, 0.6) is 5.75 Å². The first kappa shape index (κ1) is 26.3. The molecule has 10 nitrogen and oxygen atoms in total. The number of nitrogens with one attached hydrogen (secondary N) is 1. The predicted octanol–water partition coefficient (Wildman–Crippen LogP) is 4.17. The summed E-state index contributed by atoms with van der Waals surface area (Å²) >= 11 is 0. The van der Waals surface area contributed by atoms with Gasteiger partial charge in [0.1, 0.15) is 5.75 Å². The van der Waals surface area contributed by atoms with Crippen molar-refractivity contribution in [1.29, 1.82) is 0 Å². The number of carbonyl (C=O) groups excluding carboxylic acids is 3. The molecule has 0 saturated carbocycles. The van der Waals surface area contributed by atoms with Crippen LogP contribution in [0.15, 0.2) is 48.5 Å². The molecule has 2 heterocycles. The van der Waals surface area contributed by atoms with Crippen molar-refractivity contribution in [1.82, 2.24) is 14.6 Å². The van der Waals surface area contributed by atoms with Gasteiger partial charge >= 0.3 is 11.9 Å². The Hall–Kier alpha value is -4.73. The van der Waals surface area contributed by atoms with Gasteiger partial charge in [-0.2, -0.15) is 5.10 Å². The molecule has 4 rings (SSSR count).